The van der Waals surface area contributed by atoms with Gasteiger partial charge in [0.2, 0.25) is 5.78 Å². The number of carbonyl (C=O) groups excluding carboxylic acids is 1. The van der Waals surface area contributed by atoms with Crippen LogP contribution in [0.1, 0.15) is 10.4 Å². The number of rotatable bonds is 4. The van der Waals surface area contributed by atoms with E-state index in [1.54, 1.807) is 12.1 Å². The molecule has 0 amide bonds. The first-order valence-corrected chi connectivity index (χ1v) is 7.38. The molecule has 114 valence electrons. The van der Waals surface area contributed by atoms with Crippen LogP contribution in [0, 0.1) is 0 Å². The third-order valence-electron chi connectivity index (χ3n) is 3.86. The number of benzene rings is 2. The van der Waals surface area contributed by atoms with Crippen molar-refractivity contribution in [2.45, 2.75) is 0 Å². The van der Waals surface area contributed by atoms with Gasteiger partial charge in [0.25, 0.3) is 0 Å². The van der Waals surface area contributed by atoms with Crippen LogP contribution in [0.3, 0.4) is 0 Å². The highest BCUT2D eigenvalue weighted by Crippen LogP contribution is 2.31. The van der Waals surface area contributed by atoms with Gasteiger partial charge in [-0.05, 0) is 30.3 Å². The maximum atomic E-state index is 12.6. The van der Waals surface area contributed by atoms with E-state index in [1.165, 1.54) is 0 Å². The van der Waals surface area contributed by atoms with Crippen molar-refractivity contribution < 1.29 is 14.3 Å². The van der Waals surface area contributed by atoms with Crippen LogP contribution in [0.25, 0.3) is 0 Å². The van der Waals surface area contributed by atoms with E-state index in [1.807, 2.05) is 50.5 Å². The third-order valence-corrected chi connectivity index (χ3v) is 3.86. The van der Waals surface area contributed by atoms with Gasteiger partial charge in [-0.2, -0.15) is 0 Å². The van der Waals surface area contributed by atoms with Gasteiger partial charge in [-0.3, -0.25) is 9.28 Å². The molecule has 22 heavy (non-hydrogen) atoms. The van der Waals surface area contributed by atoms with E-state index < -0.39 is 0 Å². The van der Waals surface area contributed by atoms with Crippen LogP contribution in [0.15, 0.2) is 48.5 Å². The second kappa shape index (κ2) is 5.81. The lowest BCUT2D eigenvalue weighted by Crippen LogP contribution is -2.44. The van der Waals surface area contributed by atoms with Crippen LogP contribution in [-0.4, -0.2) is 39.6 Å². The molecule has 0 saturated heterocycles. The molecule has 0 fully saturated rings. The van der Waals surface area contributed by atoms with E-state index in [9.17, 15) is 4.79 Å². The summed E-state index contributed by atoms with van der Waals surface area (Å²) >= 11 is 0. The molecule has 1 heterocycles. The standard InChI is InChI=1S/C18H20NO3/c1-19(2,15-6-4-3-5-7-15)13-16(20)14-8-9-17-18(12-14)22-11-10-21-17/h3-9,12H,10-11,13H2,1-2H3/q+1. The zero-order valence-electron chi connectivity index (χ0n) is 12.9. The molecule has 2 aromatic rings. The molecule has 0 aromatic heterocycles. The SMILES string of the molecule is C[N+](C)(CC(=O)c1ccc2c(c1)OCCO2)c1ccccc1. The third kappa shape index (κ3) is 2.97. The fraction of sp³-hybridized carbons (Fsp3) is 0.278. The van der Waals surface area contributed by atoms with Gasteiger partial charge < -0.3 is 9.47 Å². The van der Waals surface area contributed by atoms with Gasteiger partial charge in [0, 0.05) is 5.56 Å². The summed E-state index contributed by atoms with van der Waals surface area (Å²) in [7, 11) is 4.07. The largest absolute Gasteiger partial charge is 0.486 e. The number of ether oxygens (including phenoxy) is 2. The molecule has 1 aliphatic heterocycles. The summed E-state index contributed by atoms with van der Waals surface area (Å²) in [5.41, 5.74) is 1.76. The van der Waals surface area contributed by atoms with E-state index in [2.05, 4.69) is 0 Å². The van der Waals surface area contributed by atoms with E-state index in [-0.39, 0.29) is 5.78 Å². The first-order chi connectivity index (χ1) is 10.6. The summed E-state index contributed by atoms with van der Waals surface area (Å²) < 4.78 is 11.5. The zero-order chi connectivity index (χ0) is 15.6. The molecule has 0 spiro atoms. The van der Waals surface area contributed by atoms with Crippen LogP contribution in [0.2, 0.25) is 0 Å². The van der Waals surface area contributed by atoms with Crippen molar-refractivity contribution in [1.82, 2.24) is 4.48 Å². The average Bonchev–Trinajstić information content (AvgIpc) is 2.55. The van der Waals surface area contributed by atoms with Crippen LogP contribution in [-0.2, 0) is 0 Å². The van der Waals surface area contributed by atoms with Gasteiger partial charge in [0.1, 0.15) is 25.4 Å². The highest BCUT2D eigenvalue weighted by Gasteiger charge is 2.24. The molecule has 1 aliphatic rings. The lowest BCUT2D eigenvalue weighted by molar-refractivity contribution is 0.0958. The normalized spacial score (nSPS) is 13.7. The van der Waals surface area contributed by atoms with Gasteiger partial charge in [-0.15, -0.1) is 0 Å². The molecule has 0 unspecified atom stereocenters. The molecular formula is C18H20NO3+. The maximum Gasteiger partial charge on any atom is 0.217 e. The summed E-state index contributed by atoms with van der Waals surface area (Å²) in [6, 6.07) is 15.4. The Bertz CT molecular complexity index is 680. The smallest absolute Gasteiger partial charge is 0.217 e. The second-order valence-corrected chi connectivity index (χ2v) is 5.96. The first kappa shape index (κ1) is 14.6. The number of ketones is 1. The van der Waals surface area contributed by atoms with E-state index >= 15 is 0 Å². The maximum absolute atomic E-state index is 12.6. The molecule has 0 N–H and O–H groups in total. The number of carbonyl (C=O) groups is 1. The molecule has 2 aromatic carbocycles. The molecule has 0 saturated carbocycles. The van der Waals surface area contributed by atoms with Crippen molar-refractivity contribution in [2.75, 3.05) is 33.9 Å². The molecule has 0 aliphatic carbocycles. The molecule has 0 radical (unpaired) electrons. The Morgan fingerprint density at radius 2 is 1.68 bits per heavy atom. The quantitative estimate of drug-likeness (QED) is 0.643. The van der Waals surface area contributed by atoms with Crippen molar-refractivity contribution in [3.05, 3.63) is 54.1 Å². The number of hydrogen-bond acceptors (Lipinski definition) is 3. The Morgan fingerprint density at radius 3 is 2.41 bits per heavy atom. The Morgan fingerprint density at radius 1 is 1.00 bits per heavy atom. The summed E-state index contributed by atoms with van der Waals surface area (Å²) in [4.78, 5) is 12.6. The fourth-order valence-electron chi connectivity index (χ4n) is 2.59. The lowest BCUT2D eigenvalue weighted by Gasteiger charge is -2.28. The number of hydrogen-bond donors (Lipinski definition) is 0. The van der Waals surface area contributed by atoms with E-state index in [0.717, 1.165) is 5.69 Å². The van der Waals surface area contributed by atoms with Gasteiger partial charge in [0.05, 0.1) is 14.1 Å². The second-order valence-electron chi connectivity index (χ2n) is 5.96. The molecule has 4 heteroatoms. The van der Waals surface area contributed by atoms with Crippen LogP contribution < -0.4 is 14.0 Å². The Kier molecular flexibility index (Phi) is 3.86. The number of Topliss-reactive ketones (excluding diaryl/α,β-unsaturated/α-hetero) is 1. The molecule has 3 rings (SSSR count). The molecule has 0 atom stereocenters. The van der Waals surface area contributed by atoms with Crippen LogP contribution in [0.5, 0.6) is 11.5 Å². The Labute approximate surface area is 130 Å². The highest BCUT2D eigenvalue weighted by molar-refractivity contribution is 5.99. The zero-order valence-corrected chi connectivity index (χ0v) is 12.9. The Hall–Kier alpha value is -2.33. The predicted molar refractivity (Wildman–Crippen MR) is 86.7 cm³/mol. The number of para-hydroxylation sites is 1. The van der Waals surface area contributed by atoms with Crippen molar-refractivity contribution in [3.8, 4) is 11.5 Å². The fourth-order valence-corrected chi connectivity index (χ4v) is 2.59. The first-order valence-electron chi connectivity index (χ1n) is 7.38. The minimum Gasteiger partial charge on any atom is -0.486 e. The van der Waals surface area contributed by atoms with E-state index in [0.29, 0.717) is 41.3 Å². The number of fused-ring (bicyclic) bond motifs is 1. The molecule has 4 nitrogen and oxygen atoms in total. The summed E-state index contributed by atoms with van der Waals surface area (Å²) in [5, 5.41) is 0. The topological polar surface area (TPSA) is 35.5 Å². The lowest BCUT2D eigenvalue weighted by atomic mass is 10.1. The predicted octanol–water partition coefficient (Wildman–Crippen LogP) is 2.91. The highest BCUT2D eigenvalue weighted by atomic mass is 16.6. The van der Waals surface area contributed by atoms with Crippen molar-refractivity contribution >= 4 is 11.5 Å². The van der Waals surface area contributed by atoms with Gasteiger partial charge in [0.15, 0.2) is 11.5 Å². The van der Waals surface area contributed by atoms with Crippen molar-refractivity contribution in [3.63, 3.8) is 0 Å². The minimum atomic E-state index is 0.0887. The molecular weight excluding hydrogens is 278 g/mol. The van der Waals surface area contributed by atoms with Gasteiger partial charge in [-0.25, -0.2) is 0 Å². The van der Waals surface area contributed by atoms with Crippen molar-refractivity contribution in [1.29, 1.82) is 0 Å². The van der Waals surface area contributed by atoms with Gasteiger partial charge in [-0.1, -0.05) is 18.2 Å². The average molecular weight is 298 g/mol. The number of quaternary nitrogens is 1. The van der Waals surface area contributed by atoms with Crippen molar-refractivity contribution in [2.24, 2.45) is 0 Å². The minimum absolute atomic E-state index is 0.0887. The van der Waals surface area contributed by atoms with E-state index in [4.69, 9.17) is 9.47 Å². The summed E-state index contributed by atoms with van der Waals surface area (Å²) in [5.74, 6) is 1.45. The van der Waals surface area contributed by atoms with Crippen LogP contribution in [0.4, 0.5) is 5.69 Å². The Balaban J connectivity index is 1.80. The number of likely N-dealkylation sites (N-methyl/N-ethyl adjacent to an activating group) is 1. The summed E-state index contributed by atoms with van der Waals surface area (Å²) in [6.45, 7) is 1.47. The molecule has 0 bridgehead atoms. The van der Waals surface area contributed by atoms with Gasteiger partial charge >= 0.3 is 0 Å². The number of nitrogens with zero attached hydrogens (tertiary/aromatic N) is 1. The van der Waals surface area contributed by atoms with Crippen LogP contribution >= 0.6 is 0 Å². The monoisotopic (exact) mass is 298 g/mol. The summed E-state index contributed by atoms with van der Waals surface area (Å²) in [6.07, 6.45) is 0.